The number of aryl methyl sites for hydroxylation is 1. The molecule has 2 aliphatic rings. The molecule has 0 saturated carbocycles. The Bertz CT molecular complexity index is 970. The Hall–Kier alpha value is -2.47. The molecular weight excluding hydrogens is 353 g/mol. The molecule has 2 atom stereocenters. The number of halogens is 1. The van der Waals surface area contributed by atoms with Crippen molar-refractivity contribution in [1.29, 1.82) is 0 Å². The molecule has 2 saturated heterocycles. The second-order valence-corrected chi connectivity index (χ2v) is 8.22. The Morgan fingerprint density at radius 1 is 1.11 bits per heavy atom. The smallest absolute Gasteiger partial charge is 0.225 e. The molecule has 146 valence electrons. The molecule has 28 heavy (non-hydrogen) atoms. The van der Waals surface area contributed by atoms with Crippen molar-refractivity contribution in [2.24, 2.45) is 13.0 Å². The molecule has 0 N–H and O–H groups in total. The van der Waals surface area contributed by atoms with E-state index < -0.39 is 0 Å². The van der Waals surface area contributed by atoms with E-state index in [2.05, 4.69) is 30.5 Å². The number of fused-ring (bicyclic) bond motifs is 2. The molecule has 0 spiro atoms. The van der Waals surface area contributed by atoms with Crippen LogP contribution in [-0.4, -0.2) is 51.7 Å². The monoisotopic (exact) mass is 379 g/mol. The largest absolute Gasteiger partial charge is 0.350 e. The molecule has 2 aliphatic heterocycles. The van der Waals surface area contributed by atoms with Gasteiger partial charge >= 0.3 is 0 Å². The Labute approximate surface area is 164 Å². The van der Waals surface area contributed by atoms with Crippen LogP contribution in [0.2, 0.25) is 0 Å². The fourth-order valence-electron chi connectivity index (χ4n) is 4.98. The molecule has 5 nitrogen and oxygen atoms in total. The zero-order valence-electron chi connectivity index (χ0n) is 16.3. The normalized spacial score (nSPS) is 23.1. The van der Waals surface area contributed by atoms with Gasteiger partial charge in [-0.25, -0.2) is 14.4 Å². The highest BCUT2D eigenvalue weighted by Crippen LogP contribution is 2.31. The van der Waals surface area contributed by atoms with E-state index in [-0.39, 0.29) is 5.82 Å². The number of nitrogens with zero attached hydrogens (tertiary/aromatic N) is 5. The molecule has 2 aromatic heterocycles. The summed E-state index contributed by atoms with van der Waals surface area (Å²) in [5, 5.41) is 1.07. The minimum atomic E-state index is -0.150. The summed E-state index contributed by atoms with van der Waals surface area (Å²) >= 11 is 0. The molecule has 0 amide bonds. The van der Waals surface area contributed by atoms with Crippen LogP contribution in [-0.2, 0) is 13.5 Å². The topological polar surface area (TPSA) is 37.2 Å². The highest BCUT2D eigenvalue weighted by molar-refractivity contribution is 5.84. The first-order valence-corrected chi connectivity index (χ1v) is 10.2. The minimum absolute atomic E-state index is 0.150. The van der Waals surface area contributed by atoms with E-state index in [4.69, 9.17) is 0 Å². The second kappa shape index (κ2) is 7.17. The zero-order valence-corrected chi connectivity index (χ0v) is 16.3. The summed E-state index contributed by atoms with van der Waals surface area (Å²) in [6.07, 6.45) is 9.26. The lowest BCUT2D eigenvalue weighted by Gasteiger charge is -2.46. The molecule has 0 aliphatic carbocycles. The number of anilines is 1. The van der Waals surface area contributed by atoms with Crippen LogP contribution in [0.25, 0.3) is 10.9 Å². The van der Waals surface area contributed by atoms with Crippen LogP contribution in [0, 0.1) is 11.7 Å². The fraction of sp³-hybridized carbons (Fsp3) is 0.455. The van der Waals surface area contributed by atoms with Crippen LogP contribution in [0.4, 0.5) is 10.3 Å². The predicted molar refractivity (Wildman–Crippen MR) is 109 cm³/mol. The standard InChI is InChI=1S/C22H26FN5/c1-26-14-17(20-12-18(23)4-6-21(20)26)11-16-3-5-19-15-28(10-9-27(19)13-16)22-24-7-2-8-25-22/h2,4,6-8,12,14,16,19H,3,5,9-11,13,15H2,1H3/t16-,19?/m0/s1. The van der Waals surface area contributed by atoms with Gasteiger partial charge < -0.3 is 9.47 Å². The first-order valence-electron chi connectivity index (χ1n) is 10.2. The van der Waals surface area contributed by atoms with Crippen LogP contribution < -0.4 is 4.90 Å². The molecular formula is C22H26FN5. The average molecular weight is 379 g/mol. The van der Waals surface area contributed by atoms with Gasteiger partial charge in [0, 0.05) is 68.8 Å². The van der Waals surface area contributed by atoms with E-state index in [0.717, 1.165) is 49.5 Å². The van der Waals surface area contributed by atoms with Gasteiger partial charge in [0.2, 0.25) is 5.95 Å². The Morgan fingerprint density at radius 2 is 1.96 bits per heavy atom. The van der Waals surface area contributed by atoms with E-state index in [1.54, 1.807) is 12.1 Å². The summed E-state index contributed by atoms with van der Waals surface area (Å²) in [4.78, 5) is 13.8. The number of aromatic nitrogens is 3. The van der Waals surface area contributed by atoms with Crippen molar-refractivity contribution < 1.29 is 4.39 Å². The quantitative estimate of drug-likeness (QED) is 0.700. The maximum absolute atomic E-state index is 13.8. The number of piperazine rings is 1. The molecule has 3 aromatic rings. The first-order chi connectivity index (χ1) is 13.7. The number of rotatable bonds is 3. The van der Waals surface area contributed by atoms with Crippen molar-refractivity contribution in [1.82, 2.24) is 19.4 Å². The van der Waals surface area contributed by atoms with E-state index in [1.165, 1.54) is 18.4 Å². The van der Waals surface area contributed by atoms with Crippen molar-refractivity contribution in [3.05, 3.63) is 54.2 Å². The second-order valence-electron chi connectivity index (χ2n) is 8.22. The van der Waals surface area contributed by atoms with E-state index >= 15 is 0 Å². The molecule has 1 unspecified atom stereocenters. The molecule has 4 heterocycles. The summed E-state index contributed by atoms with van der Waals surface area (Å²) in [6.45, 7) is 4.17. The van der Waals surface area contributed by atoms with E-state index in [1.807, 2.05) is 31.6 Å². The van der Waals surface area contributed by atoms with Crippen LogP contribution in [0.3, 0.4) is 0 Å². The lowest BCUT2D eigenvalue weighted by atomic mass is 9.87. The van der Waals surface area contributed by atoms with Gasteiger partial charge in [-0.05, 0) is 55.0 Å². The van der Waals surface area contributed by atoms with Gasteiger partial charge in [0.1, 0.15) is 5.82 Å². The Kier molecular flexibility index (Phi) is 4.51. The lowest BCUT2D eigenvalue weighted by molar-refractivity contribution is 0.0952. The third-order valence-electron chi connectivity index (χ3n) is 6.38. The average Bonchev–Trinajstić information content (AvgIpc) is 3.03. The van der Waals surface area contributed by atoms with Gasteiger partial charge in [-0.2, -0.15) is 0 Å². The van der Waals surface area contributed by atoms with Crippen molar-refractivity contribution in [2.45, 2.75) is 25.3 Å². The number of hydrogen-bond acceptors (Lipinski definition) is 4. The van der Waals surface area contributed by atoms with Crippen molar-refractivity contribution in [3.8, 4) is 0 Å². The highest BCUT2D eigenvalue weighted by Gasteiger charge is 2.33. The Morgan fingerprint density at radius 3 is 2.82 bits per heavy atom. The van der Waals surface area contributed by atoms with Crippen LogP contribution in [0.15, 0.2) is 42.9 Å². The van der Waals surface area contributed by atoms with Crippen molar-refractivity contribution in [2.75, 3.05) is 31.1 Å². The maximum atomic E-state index is 13.8. The van der Waals surface area contributed by atoms with Crippen molar-refractivity contribution in [3.63, 3.8) is 0 Å². The minimum Gasteiger partial charge on any atom is -0.350 e. The van der Waals surface area contributed by atoms with Gasteiger partial charge in [-0.3, -0.25) is 4.90 Å². The Balaban J connectivity index is 1.27. The lowest BCUT2D eigenvalue weighted by Crippen LogP contribution is -2.57. The molecule has 6 heteroatoms. The first kappa shape index (κ1) is 17.6. The van der Waals surface area contributed by atoms with Gasteiger partial charge in [-0.1, -0.05) is 0 Å². The predicted octanol–water partition coefficient (Wildman–Crippen LogP) is 3.25. The van der Waals surface area contributed by atoms with Gasteiger partial charge in [0.15, 0.2) is 0 Å². The van der Waals surface area contributed by atoms with Crippen molar-refractivity contribution >= 4 is 16.9 Å². The molecule has 5 rings (SSSR count). The summed E-state index contributed by atoms with van der Waals surface area (Å²) in [5.74, 6) is 1.33. The molecule has 0 bridgehead atoms. The highest BCUT2D eigenvalue weighted by atomic mass is 19.1. The summed E-state index contributed by atoms with van der Waals surface area (Å²) in [5.41, 5.74) is 2.39. The SMILES string of the molecule is Cn1cc(C[C@@H]2CCC3CN(c4ncccn4)CCN3C2)c2cc(F)ccc21. The fourth-order valence-corrected chi connectivity index (χ4v) is 4.98. The summed E-state index contributed by atoms with van der Waals surface area (Å²) in [7, 11) is 2.05. The maximum Gasteiger partial charge on any atom is 0.225 e. The van der Waals surface area contributed by atoms with Crippen LogP contribution >= 0.6 is 0 Å². The molecule has 1 aromatic carbocycles. The summed E-state index contributed by atoms with van der Waals surface area (Å²) < 4.78 is 15.9. The summed E-state index contributed by atoms with van der Waals surface area (Å²) in [6, 6.07) is 7.57. The number of piperidine rings is 1. The van der Waals surface area contributed by atoms with E-state index in [0.29, 0.717) is 12.0 Å². The number of hydrogen-bond donors (Lipinski definition) is 0. The van der Waals surface area contributed by atoms with Gasteiger partial charge in [0.25, 0.3) is 0 Å². The zero-order chi connectivity index (χ0) is 19.1. The third-order valence-corrected chi connectivity index (χ3v) is 6.38. The van der Waals surface area contributed by atoms with E-state index in [9.17, 15) is 4.39 Å². The molecule has 0 radical (unpaired) electrons. The molecule has 2 fully saturated rings. The van der Waals surface area contributed by atoms with Crippen LogP contribution in [0.1, 0.15) is 18.4 Å². The van der Waals surface area contributed by atoms with Gasteiger partial charge in [0.05, 0.1) is 0 Å². The third kappa shape index (κ3) is 3.26. The van der Waals surface area contributed by atoms with Crippen LogP contribution in [0.5, 0.6) is 0 Å². The van der Waals surface area contributed by atoms with Gasteiger partial charge in [-0.15, -0.1) is 0 Å². The number of benzene rings is 1.